The summed E-state index contributed by atoms with van der Waals surface area (Å²) in [5, 5.41) is 3.33. The highest BCUT2D eigenvalue weighted by molar-refractivity contribution is 7.92. The van der Waals surface area contributed by atoms with Crippen molar-refractivity contribution in [3.63, 3.8) is 0 Å². The Labute approximate surface area is 213 Å². The molecule has 1 atom stereocenters. The molecule has 190 valence electrons. The van der Waals surface area contributed by atoms with Gasteiger partial charge in [0.15, 0.2) is 0 Å². The number of rotatable bonds is 10. The van der Waals surface area contributed by atoms with E-state index in [1.54, 1.807) is 24.3 Å². The maximum Gasteiger partial charge on any atom is 0.244 e. The maximum absolute atomic E-state index is 13.7. The molecule has 2 amide bonds. The average Bonchev–Trinajstić information content (AvgIpc) is 3.31. The van der Waals surface area contributed by atoms with Crippen LogP contribution in [0.25, 0.3) is 0 Å². The number of para-hydroxylation sites is 1. The molecule has 3 rings (SSSR count). The first-order valence-corrected chi connectivity index (χ1v) is 14.2. The molecule has 1 N–H and O–H groups in total. The molecule has 0 aliphatic heterocycles. The highest BCUT2D eigenvalue weighted by atomic mass is 35.5. The Morgan fingerprint density at radius 1 is 1.09 bits per heavy atom. The molecule has 0 heterocycles. The number of carbonyl (C=O) groups excluding carboxylic acids is 2. The third kappa shape index (κ3) is 6.98. The zero-order valence-electron chi connectivity index (χ0n) is 20.5. The molecule has 35 heavy (non-hydrogen) atoms. The van der Waals surface area contributed by atoms with Crippen LogP contribution in [-0.2, 0) is 26.2 Å². The molecule has 7 nitrogen and oxygen atoms in total. The smallest absolute Gasteiger partial charge is 0.244 e. The van der Waals surface area contributed by atoms with Gasteiger partial charge in [0.25, 0.3) is 0 Å². The monoisotopic (exact) mass is 519 g/mol. The van der Waals surface area contributed by atoms with Gasteiger partial charge in [-0.1, -0.05) is 67.8 Å². The highest BCUT2D eigenvalue weighted by Gasteiger charge is 2.33. The number of hydrogen-bond acceptors (Lipinski definition) is 4. The molecule has 1 fully saturated rings. The first-order valence-electron chi connectivity index (χ1n) is 12.0. The summed E-state index contributed by atoms with van der Waals surface area (Å²) < 4.78 is 26.4. The number of anilines is 1. The van der Waals surface area contributed by atoms with Gasteiger partial charge in [0.05, 0.1) is 17.0 Å². The van der Waals surface area contributed by atoms with Crippen molar-refractivity contribution >= 4 is 39.1 Å². The van der Waals surface area contributed by atoms with Crippen LogP contribution in [0.1, 0.15) is 50.2 Å². The van der Waals surface area contributed by atoms with Crippen molar-refractivity contribution in [3.05, 3.63) is 64.7 Å². The fourth-order valence-corrected chi connectivity index (χ4v) is 5.66. The van der Waals surface area contributed by atoms with E-state index in [2.05, 4.69) is 5.32 Å². The minimum absolute atomic E-state index is 0.114. The second-order valence-corrected chi connectivity index (χ2v) is 11.4. The van der Waals surface area contributed by atoms with Crippen molar-refractivity contribution in [2.45, 2.75) is 64.6 Å². The number of hydrogen-bond donors (Lipinski definition) is 1. The first kappa shape index (κ1) is 27.0. The Balaban J connectivity index is 1.94. The summed E-state index contributed by atoms with van der Waals surface area (Å²) >= 11 is 6.28. The number of aryl methyl sites for hydroxylation is 1. The lowest BCUT2D eigenvalue weighted by atomic mass is 10.1. The van der Waals surface area contributed by atoms with Crippen LogP contribution in [0, 0.1) is 6.92 Å². The molecule has 0 saturated heterocycles. The van der Waals surface area contributed by atoms with E-state index < -0.39 is 28.5 Å². The van der Waals surface area contributed by atoms with Crippen LogP contribution in [-0.4, -0.2) is 50.0 Å². The van der Waals surface area contributed by atoms with Crippen molar-refractivity contribution in [1.82, 2.24) is 10.2 Å². The van der Waals surface area contributed by atoms with E-state index >= 15 is 0 Å². The quantitative estimate of drug-likeness (QED) is 0.507. The second-order valence-electron chi connectivity index (χ2n) is 9.08. The molecule has 1 aliphatic carbocycles. The van der Waals surface area contributed by atoms with Gasteiger partial charge in [0.2, 0.25) is 21.8 Å². The van der Waals surface area contributed by atoms with Gasteiger partial charge in [-0.3, -0.25) is 13.9 Å². The maximum atomic E-state index is 13.7. The van der Waals surface area contributed by atoms with Gasteiger partial charge >= 0.3 is 0 Å². The van der Waals surface area contributed by atoms with Crippen molar-refractivity contribution in [2.75, 3.05) is 17.1 Å². The molecule has 1 saturated carbocycles. The number of amides is 2. The summed E-state index contributed by atoms with van der Waals surface area (Å²) in [4.78, 5) is 28.5. The van der Waals surface area contributed by atoms with E-state index in [0.717, 1.165) is 47.4 Å². The number of nitrogens with one attached hydrogen (secondary N) is 1. The van der Waals surface area contributed by atoms with E-state index in [9.17, 15) is 18.0 Å². The van der Waals surface area contributed by atoms with Crippen molar-refractivity contribution in [3.8, 4) is 0 Å². The molecular weight excluding hydrogens is 486 g/mol. The minimum Gasteiger partial charge on any atom is -0.352 e. The van der Waals surface area contributed by atoms with Gasteiger partial charge in [-0.05, 0) is 49.4 Å². The molecule has 9 heteroatoms. The number of nitrogens with zero attached hydrogens (tertiary/aromatic N) is 2. The predicted octanol–water partition coefficient (Wildman–Crippen LogP) is 4.28. The van der Waals surface area contributed by atoms with Gasteiger partial charge in [0, 0.05) is 12.6 Å². The zero-order chi connectivity index (χ0) is 25.6. The molecule has 0 aromatic heterocycles. The fraction of sp³-hybridized carbons (Fsp3) is 0.462. The minimum atomic E-state index is -3.82. The van der Waals surface area contributed by atoms with E-state index in [4.69, 9.17) is 11.6 Å². The molecule has 1 aliphatic rings. The van der Waals surface area contributed by atoms with Gasteiger partial charge in [-0.15, -0.1) is 0 Å². The molecule has 0 radical (unpaired) electrons. The normalized spacial score (nSPS) is 15.0. The lowest BCUT2D eigenvalue weighted by Crippen LogP contribution is -2.53. The Morgan fingerprint density at radius 3 is 2.31 bits per heavy atom. The van der Waals surface area contributed by atoms with Gasteiger partial charge in [-0.2, -0.15) is 0 Å². The van der Waals surface area contributed by atoms with Crippen molar-refractivity contribution in [2.24, 2.45) is 0 Å². The van der Waals surface area contributed by atoms with Gasteiger partial charge in [-0.25, -0.2) is 8.42 Å². The van der Waals surface area contributed by atoms with Crippen LogP contribution in [0.3, 0.4) is 0 Å². The molecule has 2 aromatic rings. The number of benzene rings is 2. The van der Waals surface area contributed by atoms with E-state index in [-0.39, 0.29) is 29.2 Å². The Hall–Kier alpha value is -2.58. The first-order chi connectivity index (χ1) is 16.6. The number of sulfonamides is 1. The van der Waals surface area contributed by atoms with Crippen LogP contribution in [0.15, 0.2) is 48.5 Å². The summed E-state index contributed by atoms with van der Waals surface area (Å²) in [6.07, 6.45) is 5.47. The van der Waals surface area contributed by atoms with Crippen LogP contribution in [0.4, 0.5) is 5.69 Å². The van der Waals surface area contributed by atoms with Crippen LogP contribution < -0.4 is 9.62 Å². The van der Waals surface area contributed by atoms with Crippen LogP contribution in [0.5, 0.6) is 0 Å². The zero-order valence-corrected chi connectivity index (χ0v) is 22.1. The lowest BCUT2D eigenvalue weighted by molar-refractivity contribution is -0.140. The topological polar surface area (TPSA) is 86.8 Å². The van der Waals surface area contributed by atoms with Gasteiger partial charge < -0.3 is 10.2 Å². The van der Waals surface area contributed by atoms with Crippen LogP contribution in [0.2, 0.25) is 5.02 Å². The number of carbonyl (C=O) groups is 2. The van der Waals surface area contributed by atoms with Crippen molar-refractivity contribution < 1.29 is 18.0 Å². The summed E-state index contributed by atoms with van der Waals surface area (Å²) in [6, 6.07) is 13.6. The average molecular weight is 520 g/mol. The molecule has 0 spiro atoms. The van der Waals surface area contributed by atoms with Gasteiger partial charge in [0.1, 0.15) is 12.6 Å². The highest BCUT2D eigenvalue weighted by Crippen LogP contribution is 2.28. The van der Waals surface area contributed by atoms with E-state index in [1.165, 1.54) is 4.90 Å². The predicted molar refractivity (Wildman–Crippen MR) is 140 cm³/mol. The largest absolute Gasteiger partial charge is 0.352 e. The lowest BCUT2D eigenvalue weighted by Gasteiger charge is -2.34. The molecule has 0 bridgehead atoms. The van der Waals surface area contributed by atoms with Crippen molar-refractivity contribution in [1.29, 1.82) is 0 Å². The molecular formula is C26H34ClN3O4S. The summed E-state index contributed by atoms with van der Waals surface area (Å²) in [5.41, 5.74) is 2.11. The summed E-state index contributed by atoms with van der Waals surface area (Å²) in [7, 11) is -3.82. The second kappa shape index (κ2) is 11.9. The standard InChI is InChI=1S/C26H34ClN3O4S/c1-4-23(26(32)28-21-13-7-8-14-21)29(17-20-12-6-5-11-19(20)2)25(31)18-30(35(3,33)34)24-16-10-9-15-22(24)27/h5-6,9-12,15-16,21,23H,4,7-8,13-14,17-18H2,1-3H3,(H,28,32). The Bertz CT molecular complexity index is 1150. The van der Waals surface area contributed by atoms with E-state index in [0.29, 0.717) is 6.42 Å². The van der Waals surface area contributed by atoms with Crippen LogP contribution >= 0.6 is 11.6 Å². The number of halogens is 1. The Morgan fingerprint density at radius 2 is 1.71 bits per heavy atom. The molecule has 2 aromatic carbocycles. The Kier molecular flexibility index (Phi) is 9.19. The summed E-state index contributed by atoms with van der Waals surface area (Å²) in [6.45, 7) is 3.55. The fourth-order valence-electron chi connectivity index (χ4n) is 4.51. The SMILES string of the molecule is CCC(C(=O)NC1CCCC1)N(Cc1ccccc1C)C(=O)CN(c1ccccc1Cl)S(C)(=O)=O. The van der Waals surface area contributed by atoms with E-state index in [1.807, 2.05) is 38.1 Å². The summed E-state index contributed by atoms with van der Waals surface area (Å²) in [5.74, 6) is -0.669. The molecule has 1 unspecified atom stereocenters. The third-order valence-corrected chi connectivity index (χ3v) is 7.94. The third-order valence-electron chi connectivity index (χ3n) is 6.49.